The van der Waals surface area contributed by atoms with Crippen molar-refractivity contribution >= 4 is 17.5 Å². The van der Waals surface area contributed by atoms with E-state index >= 15 is 0 Å². The molecule has 1 aliphatic carbocycles. The highest BCUT2D eigenvalue weighted by Gasteiger charge is 2.30. The zero-order valence-corrected chi connectivity index (χ0v) is 12.7. The molecule has 1 aliphatic rings. The average Bonchev–Trinajstić information content (AvgIpc) is 2.84. The molecule has 6 heteroatoms. The number of nitro benzene ring substituents is 1. The van der Waals surface area contributed by atoms with Crippen LogP contribution in [-0.2, 0) is 6.42 Å². The van der Waals surface area contributed by atoms with Gasteiger partial charge in [-0.2, -0.15) is 0 Å². The molecule has 0 aliphatic heterocycles. The van der Waals surface area contributed by atoms with Gasteiger partial charge in [0.15, 0.2) is 17.3 Å². The first kappa shape index (κ1) is 15.7. The minimum absolute atomic E-state index is 0.0182. The second-order valence-electron chi connectivity index (χ2n) is 5.72. The number of ketones is 1. The molecule has 0 bridgehead atoms. The maximum atomic E-state index is 12.3. The molecule has 0 fully saturated rings. The van der Waals surface area contributed by atoms with Crippen LogP contribution in [0.15, 0.2) is 42.5 Å². The minimum Gasteiger partial charge on any atom is -0.504 e. The Balaban J connectivity index is 1.75. The number of nitrogens with zero attached hydrogens (tertiary/aromatic N) is 1. The van der Waals surface area contributed by atoms with E-state index in [0.29, 0.717) is 29.5 Å². The Morgan fingerprint density at radius 1 is 1.21 bits per heavy atom. The summed E-state index contributed by atoms with van der Waals surface area (Å²) < 4.78 is 0. The zero-order valence-electron chi connectivity index (χ0n) is 12.7. The molecule has 0 spiro atoms. The predicted molar refractivity (Wildman–Crippen MR) is 88.0 cm³/mol. The number of Topliss-reactive ketones (excluding diaryl/α,β-unsaturated/α-hetero) is 1. The number of nitro groups is 1. The maximum Gasteiger partial charge on any atom is 0.276 e. The van der Waals surface area contributed by atoms with Gasteiger partial charge in [0.1, 0.15) is 0 Å². The van der Waals surface area contributed by atoms with E-state index < -0.39 is 4.92 Å². The van der Waals surface area contributed by atoms with E-state index in [0.717, 1.165) is 0 Å². The SMILES string of the molecule is O=C1c2cc(O)c(O)cc2CC1C/C=C/c1ccccc1[N+](=O)[O-]. The van der Waals surface area contributed by atoms with Crippen molar-refractivity contribution in [2.75, 3.05) is 0 Å². The molecule has 0 saturated heterocycles. The first-order valence-electron chi connectivity index (χ1n) is 7.46. The van der Waals surface area contributed by atoms with Gasteiger partial charge in [0.25, 0.3) is 5.69 Å². The van der Waals surface area contributed by atoms with Gasteiger partial charge in [-0.05, 0) is 36.6 Å². The smallest absolute Gasteiger partial charge is 0.276 e. The van der Waals surface area contributed by atoms with Crippen molar-refractivity contribution < 1.29 is 19.9 Å². The van der Waals surface area contributed by atoms with Crippen LogP contribution >= 0.6 is 0 Å². The van der Waals surface area contributed by atoms with Gasteiger partial charge in [-0.3, -0.25) is 14.9 Å². The summed E-state index contributed by atoms with van der Waals surface area (Å²) in [6.07, 6.45) is 4.30. The van der Waals surface area contributed by atoms with E-state index in [-0.39, 0.29) is 28.9 Å². The molecule has 24 heavy (non-hydrogen) atoms. The van der Waals surface area contributed by atoms with Gasteiger partial charge in [-0.25, -0.2) is 0 Å². The molecular weight excluding hydrogens is 310 g/mol. The summed E-state index contributed by atoms with van der Waals surface area (Å²) in [5.74, 6) is -0.927. The number of rotatable bonds is 4. The molecule has 1 atom stereocenters. The van der Waals surface area contributed by atoms with Gasteiger partial charge < -0.3 is 10.2 Å². The van der Waals surface area contributed by atoms with Gasteiger partial charge in [0.05, 0.1) is 10.5 Å². The Labute approximate surface area is 137 Å². The van der Waals surface area contributed by atoms with Gasteiger partial charge >= 0.3 is 0 Å². The summed E-state index contributed by atoms with van der Waals surface area (Å²) in [5, 5.41) is 30.0. The minimum atomic E-state index is -0.443. The normalized spacial score (nSPS) is 16.5. The second-order valence-corrected chi connectivity index (χ2v) is 5.72. The summed E-state index contributed by atoms with van der Waals surface area (Å²) >= 11 is 0. The van der Waals surface area contributed by atoms with Crippen LogP contribution in [0.3, 0.4) is 0 Å². The molecule has 0 saturated carbocycles. The van der Waals surface area contributed by atoms with E-state index in [4.69, 9.17) is 0 Å². The third-order valence-corrected chi connectivity index (χ3v) is 4.15. The van der Waals surface area contributed by atoms with Crippen LogP contribution < -0.4 is 0 Å². The molecule has 0 amide bonds. The molecule has 2 aromatic rings. The standard InChI is InChI=1S/C18H15NO5/c20-16-9-13-8-12(18(22)14(13)10-17(16)21)6-3-5-11-4-1-2-7-15(11)19(23)24/h1-5,7,9-10,12,20-21H,6,8H2/b5-3+. The topological polar surface area (TPSA) is 101 Å². The average molecular weight is 325 g/mol. The van der Waals surface area contributed by atoms with Crippen molar-refractivity contribution in [1.29, 1.82) is 0 Å². The molecule has 0 radical (unpaired) electrons. The van der Waals surface area contributed by atoms with Gasteiger partial charge in [-0.1, -0.05) is 24.3 Å². The summed E-state index contributed by atoms with van der Waals surface area (Å²) in [4.78, 5) is 22.9. The number of carbonyl (C=O) groups is 1. The Hall–Kier alpha value is -3.15. The van der Waals surface area contributed by atoms with Crippen molar-refractivity contribution in [2.24, 2.45) is 5.92 Å². The van der Waals surface area contributed by atoms with Crippen LogP contribution in [0.1, 0.15) is 27.9 Å². The molecule has 6 nitrogen and oxygen atoms in total. The molecule has 1 unspecified atom stereocenters. The lowest BCUT2D eigenvalue weighted by atomic mass is 10.00. The van der Waals surface area contributed by atoms with Crippen LogP contribution in [0.4, 0.5) is 5.69 Å². The predicted octanol–water partition coefficient (Wildman–Crippen LogP) is 3.46. The van der Waals surface area contributed by atoms with E-state index in [9.17, 15) is 25.1 Å². The van der Waals surface area contributed by atoms with Crippen molar-refractivity contribution in [3.8, 4) is 11.5 Å². The molecule has 2 aromatic carbocycles. The van der Waals surface area contributed by atoms with Crippen LogP contribution in [0.5, 0.6) is 11.5 Å². The number of hydrogen-bond donors (Lipinski definition) is 2. The fraction of sp³-hybridized carbons (Fsp3) is 0.167. The van der Waals surface area contributed by atoms with E-state index in [1.165, 1.54) is 18.2 Å². The summed E-state index contributed by atoms with van der Waals surface area (Å²) in [6.45, 7) is 0. The lowest BCUT2D eigenvalue weighted by molar-refractivity contribution is -0.385. The van der Waals surface area contributed by atoms with Crippen molar-refractivity contribution in [1.82, 2.24) is 0 Å². The van der Waals surface area contributed by atoms with Gasteiger partial charge in [0, 0.05) is 17.5 Å². The highest BCUT2D eigenvalue weighted by Crippen LogP contribution is 2.36. The van der Waals surface area contributed by atoms with Crippen LogP contribution in [0.2, 0.25) is 0 Å². The second kappa shape index (κ2) is 6.16. The molecule has 2 N–H and O–H groups in total. The fourth-order valence-corrected chi connectivity index (χ4v) is 2.94. The number of carbonyl (C=O) groups excluding carboxylic acids is 1. The molecular formula is C18H15NO5. The summed E-state index contributed by atoms with van der Waals surface area (Å²) in [7, 11) is 0. The number of phenols is 2. The highest BCUT2D eigenvalue weighted by molar-refractivity contribution is 6.03. The Morgan fingerprint density at radius 2 is 1.92 bits per heavy atom. The lowest BCUT2D eigenvalue weighted by Gasteiger charge is -2.03. The number of benzene rings is 2. The highest BCUT2D eigenvalue weighted by atomic mass is 16.6. The van der Waals surface area contributed by atoms with Crippen LogP contribution in [-0.4, -0.2) is 20.9 Å². The number of phenolic OH excluding ortho intramolecular Hbond substituents is 2. The van der Waals surface area contributed by atoms with Crippen molar-refractivity contribution in [3.63, 3.8) is 0 Å². The summed E-state index contributed by atoms with van der Waals surface area (Å²) in [6, 6.07) is 9.10. The number of para-hydroxylation sites is 1. The largest absolute Gasteiger partial charge is 0.504 e. The maximum absolute atomic E-state index is 12.3. The Bertz CT molecular complexity index is 856. The first-order valence-corrected chi connectivity index (χ1v) is 7.46. The fourth-order valence-electron chi connectivity index (χ4n) is 2.94. The van der Waals surface area contributed by atoms with Gasteiger partial charge in [-0.15, -0.1) is 0 Å². The molecule has 122 valence electrons. The molecule has 3 rings (SSSR count). The van der Waals surface area contributed by atoms with Crippen molar-refractivity contribution in [2.45, 2.75) is 12.8 Å². The van der Waals surface area contributed by atoms with E-state index in [2.05, 4.69) is 0 Å². The summed E-state index contributed by atoms with van der Waals surface area (Å²) in [5.41, 5.74) is 1.64. The number of fused-ring (bicyclic) bond motifs is 1. The van der Waals surface area contributed by atoms with Crippen LogP contribution in [0, 0.1) is 16.0 Å². The third-order valence-electron chi connectivity index (χ3n) is 4.15. The zero-order chi connectivity index (χ0) is 17.3. The van der Waals surface area contributed by atoms with Crippen LogP contribution in [0.25, 0.3) is 6.08 Å². The molecule has 0 heterocycles. The quantitative estimate of drug-likeness (QED) is 0.509. The van der Waals surface area contributed by atoms with Gasteiger partial charge in [0.2, 0.25) is 0 Å². The number of hydrogen-bond acceptors (Lipinski definition) is 5. The first-order chi connectivity index (χ1) is 11.5. The monoisotopic (exact) mass is 325 g/mol. The number of allylic oxidation sites excluding steroid dienone is 1. The Kier molecular flexibility index (Phi) is 4.04. The van der Waals surface area contributed by atoms with E-state index in [1.54, 1.807) is 30.4 Å². The lowest BCUT2D eigenvalue weighted by Crippen LogP contribution is -2.07. The molecule has 0 aromatic heterocycles. The Morgan fingerprint density at radius 3 is 2.67 bits per heavy atom. The van der Waals surface area contributed by atoms with E-state index in [1.807, 2.05) is 0 Å². The number of aromatic hydroxyl groups is 2. The third kappa shape index (κ3) is 2.86. The van der Waals surface area contributed by atoms with Crippen molar-refractivity contribution in [3.05, 3.63) is 69.3 Å².